The van der Waals surface area contributed by atoms with E-state index in [1.165, 1.54) is 18.6 Å². The van der Waals surface area contributed by atoms with Gasteiger partial charge in [-0.2, -0.15) is 11.8 Å². The highest BCUT2D eigenvalue weighted by atomic mass is 32.2. The third-order valence-corrected chi connectivity index (χ3v) is 6.05. The molecule has 3 N–H and O–H groups in total. The number of hydrogen-bond acceptors (Lipinski definition) is 4. The van der Waals surface area contributed by atoms with E-state index in [9.17, 15) is 14.0 Å². The van der Waals surface area contributed by atoms with Gasteiger partial charge >= 0.3 is 0 Å². The zero-order valence-electron chi connectivity index (χ0n) is 17.2. The molecule has 0 saturated carbocycles. The zero-order chi connectivity index (χ0) is 21.3. The Morgan fingerprint density at radius 2 is 2.00 bits per heavy atom. The second kappa shape index (κ2) is 11.0. The molecule has 2 aromatic carbocycles. The van der Waals surface area contributed by atoms with E-state index in [-0.39, 0.29) is 23.7 Å². The normalized spacial score (nSPS) is 15.1. The predicted octanol–water partition coefficient (Wildman–Crippen LogP) is 4.80. The van der Waals surface area contributed by atoms with Crippen molar-refractivity contribution in [1.82, 2.24) is 5.32 Å². The Bertz CT molecular complexity index is 891. The fourth-order valence-corrected chi connectivity index (χ4v) is 4.29. The molecular weight excluding hydrogens is 401 g/mol. The minimum atomic E-state index is -0.380. The van der Waals surface area contributed by atoms with Crippen molar-refractivity contribution in [2.45, 2.75) is 44.4 Å². The maximum Gasteiger partial charge on any atom is 0.251 e. The SMILES string of the molecule is CCCCCCNC(=O)c1ccc2c(c1)NC(=O)C(CSCc1cccc(F)c1)N2. The van der Waals surface area contributed by atoms with Crippen LogP contribution in [0.3, 0.4) is 0 Å². The standard InChI is InChI=1S/C23H28FN3O2S/c1-2-3-4-5-11-25-22(28)17-9-10-19-20(13-17)27-23(29)21(26-19)15-30-14-16-7-6-8-18(24)12-16/h6-10,12-13,21,26H,2-5,11,14-15H2,1H3,(H,25,28)(H,27,29). The lowest BCUT2D eigenvalue weighted by Crippen LogP contribution is -2.40. The second-order valence-electron chi connectivity index (χ2n) is 7.41. The largest absolute Gasteiger partial charge is 0.371 e. The molecule has 160 valence electrons. The van der Waals surface area contributed by atoms with Crippen LogP contribution in [0.25, 0.3) is 0 Å². The molecular formula is C23H28FN3O2S. The molecule has 1 unspecified atom stereocenters. The van der Waals surface area contributed by atoms with Crippen molar-refractivity contribution in [3.63, 3.8) is 0 Å². The van der Waals surface area contributed by atoms with Gasteiger partial charge in [0.1, 0.15) is 11.9 Å². The molecule has 7 heteroatoms. The third-order valence-electron chi connectivity index (χ3n) is 4.94. The summed E-state index contributed by atoms with van der Waals surface area (Å²) >= 11 is 1.57. The second-order valence-corrected chi connectivity index (χ2v) is 8.44. The van der Waals surface area contributed by atoms with Crippen molar-refractivity contribution in [1.29, 1.82) is 0 Å². The summed E-state index contributed by atoms with van der Waals surface area (Å²) in [6.45, 7) is 2.81. The molecule has 0 saturated heterocycles. The summed E-state index contributed by atoms with van der Waals surface area (Å²) in [6.07, 6.45) is 4.42. The first-order valence-corrected chi connectivity index (χ1v) is 11.5. The predicted molar refractivity (Wildman–Crippen MR) is 122 cm³/mol. The number of unbranched alkanes of at least 4 members (excludes halogenated alkanes) is 3. The van der Waals surface area contributed by atoms with Gasteiger partial charge in [0.25, 0.3) is 5.91 Å². The lowest BCUT2D eigenvalue weighted by Gasteiger charge is -2.27. The summed E-state index contributed by atoms with van der Waals surface area (Å²) in [7, 11) is 0. The molecule has 0 aromatic heterocycles. The monoisotopic (exact) mass is 429 g/mol. The summed E-state index contributed by atoms with van der Waals surface area (Å²) in [5.74, 6) is 0.675. The number of halogens is 1. The van der Waals surface area contributed by atoms with Crippen LogP contribution in [0.1, 0.15) is 48.5 Å². The maximum atomic E-state index is 13.3. The number of amides is 2. The lowest BCUT2D eigenvalue weighted by atomic mass is 10.1. The molecule has 30 heavy (non-hydrogen) atoms. The topological polar surface area (TPSA) is 70.2 Å². The van der Waals surface area contributed by atoms with E-state index in [2.05, 4.69) is 22.9 Å². The van der Waals surface area contributed by atoms with Gasteiger partial charge in [0.2, 0.25) is 5.91 Å². The Labute approximate surface area is 181 Å². The Morgan fingerprint density at radius 3 is 2.80 bits per heavy atom. The number of anilines is 2. The summed E-state index contributed by atoms with van der Waals surface area (Å²) in [5.41, 5.74) is 2.84. The van der Waals surface area contributed by atoms with Crippen molar-refractivity contribution >= 4 is 35.0 Å². The number of fused-ring (bicyclic) bond motifs is 1. The molecule has 0 radical (unpaired) electrons. The number of nitrogens with one attached hydrogen (secondary N) is 3. The number of thioether (sulfide) groups is 1. The summed E-state index contributed by atoms with van der Waals surface area (Å²) < 4.78 is 13.3. The van der Waals surface area contributed by atoms with Gasteiger partial charge in [-0.25, -0.2) is 4.39 Å². The van der Waals surface area contributed by atoms with Crippen LogP contribution in [0, 0.1) is 5.82 Å². The quantitative estimate of drug-likeness (QED) is 0.475. The van der Waals surface area contributed by atoms with Crippen LogP contribution >= 0.6 is 11.8 Å². The van der Waals surface area contributed by atoms with Gasteiger partial charge in [0.05, 0.1) is 11.4 Å². The van der Waals surface area contributed by atoms with Crippen molar-refractivity contribution < 1.29 is 14.0 Å². The molecule has 0 aliphatic carbocycles. The zero-order valence-corrected chi connectivity index (χ0v) is 18.0. The smallest absolute Gasteiger partial charge is 0.251 e. The average Bonchev–Trinajstić information content (AvgIpc) is 2.73. The summed E-state index contributed by atoms with van der Waals surface area (Å²) in [4.78, 5) is 24.8. The highest BCUT2D eigenvalue weighted by molar-refractivity contribution is 7.98. The molecule has 0 bridgehead atoms. The van der Waals surface area contributed by atoms with Crippen molar-refractivity contribution in [2.75, 3.05) is 22.9 Å². The van der Waals surface area contributed by atoms with Crippen LogP contribution in [0.5, 0.6) is 0 Å². The van der Waals surface area contributed by atoms with Gasteiger partial charge in [0.15, 0.2) is 0 Å². The van der Waals surface area contributed by atoms with Crippen molar-refractivity contribution in [3.05, 3.63) is 59.4 Å². The minimum absolute atomic E-state index is 0.128. The summed E-state index contributed by atoms with van der Waals surface area (Å²) in [5, 5.41) is 9.06. The summed E-state index contributed by atoms with van der Waals surface area (Å²) in [6, 6.07) is 11.4. The third kappa shape index (κ3) is 6.23. The van der Waals surface area contributed by atoms with Crippen molar-refractivity contribution in [2.24, 2.45) is 0 Å². The minimum Gasteiger partial charge on any atom is -0.371 e. The fourth-order valence-electron chi connectivity index (χ4n) is 3.28. The molecule has 1 aliphatic rings. The molecule has 2 aromatic rings. The number of benzene rings is 2. The van der Waals surface area contributed by atoms with Crippen LogP contribution in [-0.2, 0) is 10.5 Å². The molecule has 0 spiro atoms. The number of carbonyl (C=O) groups is 2. The number of hydrogen-bond donors (Lipinski definition) is 3. The van der Waals surface area contributed by atoms with Gasteiger partial charge in [-0.05, 0) is 42.3 Å². The fraction of sp³-hybridized carbons (Fsp3) is 0.391. The van der Waals surface area contributed by atoms with E-state index in [0.717, 1.165) is 30.5 Å². The van der Waals surface area contributed by atoms with Gasteiger partial charge in [-0.1, -0.05) is 38.3 Å². The number of carbonyl (C=O) groups excluding carboxylic acids is 2. The van der Waals surface area contributed by atoms with Crippen LogP contribution in [-0.4, -0.2) is 30.2 Å². The molecule has 1 heterocycles. The van der Waals surface area contributed by atoms with Gasteiger partial charge in [-0.15, -0.1) is 0 Å². The van der Waals surface area contributed by atoms with Crippen LogP contribution in [0.2, 0.25) is 0 Å². The molecule has 2 amide bonds. The first-order valence-electron chi connectivity index (χ1n) is 10.4. The Kier molecular flexibility index (Phi) is 8.13. The van der Waals surface area contributed by atoms with E-state index >= 15 is 0 Å². The van der Waals surface area contributed by atoms with E-state index in [0.29, 0.717) is 29.3 Å². The highest BCUT2D eigenvalue weighted by Crippen LogP contribution is 2.29. The van der Waals surface area contributed by atoms with E-state index < -0.39 is 0 Å². The van der Waals surface area contributed by atoms with Gasteiger partial charge in [0, 0.05) is 23.6 Å². The molecule has 1 atom stereocenters. The van der Waals surface area contributed by atoms with Gasteiger partial charge < -0.3 is 16.0 Å². The Morgan fingerprint density at radius 1 is 1.13 bits per heavy atom. The molecule has 0 fully saturated rings. The first kappa shape index (κ1) is 22.2. The average molecular weight is 430 g/mol. The highest BCUT2D eigenvalue weighted by Gasteiger charge is 2.26. The van der Waals surface area contributed by atoms with Crippen LogP contribution in [0.4, 0.5) is 15.8 Å². The molecule has 1 aliphatic heterocycles. The van der Waals surface area contributed by atoms with E-state index in [1.807, 2.05) is 12.1 Å². The van der Waals surface area contributed by atoms with E-state index in [4.69, 9.17) is 0 Å². The Balaban J connectivity index is 1.51. The van der Waals surface area contributed by atoms with Crippen molar-refractivity contribution in [3.8, 4) is 0 Å². The van der Waals surface area contributed by atoms with Crippen LogP contribution in [0.15, 0.2) is 42.5 Å². The number of rotatable bonds is 10. The van der Waals surface area contributed by atoms with Crippen LogP contribution < -0.4 is 16.0 Å². The van der Waals surface area contributed by atoms with Gasteiger partial charge in [-0.3, -0.25) is 9.59 Å². The Hall–Kier alpha value is -2.54. The lowest BCUT2D eigenvalue weighted by molar-refractivity contribution is -0.116. The maximum absolute atomic E-state index is 13.3. The molecule has 3 rings (SSSR count). The molecule has 5 nitrogen and oxygen atoms in total. The van der Waals surface area contributed by atoms with E-state index in [1.54, 1.807) is 30.0 Å². The first-order chi connectivity index (χ1) is 14.6.